The Morgan fingerprint density at radius 3 is 3.00 bits per heavy atom. The molecule has 1 fully saturated rings. The molecule has 2 atom stereocenters. The monoisotopic (exact) mass is 175 g/mol. The Morgan fingerprint density at radius 2 is 2.50 bits per heavy atom. The topological polar surface area (TPSA) is 21.3 Å². The third-order valence-corrected chi connectivity index (χ3v) is 2.34. The first-order chi connectivity index (χ1) is 5.86. The van der Waals surface area contributed by atoms with E-state index in [1.807, 2.05) is 6.92 Å². The van der Waals surface area contributed by atoms with Crippen molar-refractivity contribution >= 4 is 0 Å². The predicted octanol–water partition coefficient (Wildman–Crippen LogP) is 1.50. The lowest BCUT2D eigenvalue weighted by atomic mass is 10.2. The summed E-state index contributed by atoms with van der Waals surface area (Å²) in [6.07, 6.45) is 3.45. The highest BCUT2D eigenvalue weighted by Crippen LogP contribution is 2.10. The van der Waals surface area contributed by atoms with Gasteiger partial charge in [-0.2, -0.15) is 0 Å². The van der Waals surface area contributed by atoms with Crippen LogP contribution < -0.4 is 5.32 Å². The fourth-order valence-corrected chi connectivity index (χ4v) is 1.41. The van der Waals surface area contributed by atoms with Gasteiger partial charge in [-0.25, -0.2) is 4.39 Å². The average Bonchev–Trinajstić information content (AvgIpc) is 2.59. The molecule has 1 aliphatic heterocycles. The van der Waals surface area contributed by atoms with Crippen molar-refractivity contribution in [3.05, 3.63) is 0 Å². The molecule has 2 unspecified atom stereocenters. The van der Waals surface area contributed by atoms with Crippen molar-refractivity contribution in [3.8, 4) is 0 Å². The Morgan fingerprint density at radius 1 is 1.67 bits per heavy atom. The minimum absolute atomic E-state index is 0.0224. The van der Waals surface area contributed by atoms with Gasteiger partial charge in [0.15, 0.2) is 0 Å². The fraction of sp³-hybridized carbons (Fsp3) is 1.00. The molecule has 0 radical (unpaired) electrons. The number of hydrogen-bond acceptors (Lipinski definition) is 2. The summed E-state index contributed by atoms with van der Waals surface area (Å²) in [4.78, 5) is 0. The van der Waals surface area contributed by atoms with Crippen molar-refractivity contribution in [2.45, 2.75) is 38.3 Å². The molecule has 0 amide bonds. The third-order valence-electron chi connectivity index (χ3n) is 2.34. The van der Waals surface area contributed by atoms with Crippen LogP contribution in [-0.4, -0.2) is 32.0 Å². The summed E-state index contributed by atoms with van der Waals surface area (Å²) in [6, 6.07) is 0.0224. The van der Waals surface area contributed by atoms with Crippen LogP contribution in [-0.2, 0) is 4.74 Å². The van der Waals surface area contributed by atoms with Crippen LogP contribution in [0.1, 0.15) is 26.2 Å². The largest absolute Gasteiger partial charge is 0.377 e. The molecular formula is C9H18FNO. The summed E-state index contributed by atoms with van der Waals surface area (Å²) in [5, 5.41) is 3.16. The molecule has 2 nitrogen and oxygen atoms in total. The maximum absolute atomic E-state index is 12.2. The van der Waals surface area contributed by atoms with E-state index in [0.29, 0.717) is 6.10 Å². The van der Waals surface area contributed by atoms with Crippen LogP contribution in [0.2, 0.25) is 0 Å². The van der Waals surface area contributed by atoms with Gasteiger partial charge in [-0.1, -0.05) is 6.92 Å². The SMILES string of the molecule is CCC(CF)NCC1CCCO1. The molecule has 3 heteroatoms. The Labute approximate surface area is 73.5 Å². The van der Waals surface area contributed by atoms with E-state index in [4.69, 9.17) is 4.74 Å². The van der Waals surface area contributed by atoms with E-state index < -0.39 is 0 Å². The van der Waals surface area contributed by atoms with Crippen LogP contribution in [0.4, 0.5) is 4.39 Å². The highest BCUT2D eigenvalue weighted by atomic mass is 19.1. The number of halogens is 1. The molecular weight excluding hydrogens is 157 g/mol. The van der Waals surface area contributed by atoms with Gasteiger partial charge in [0.2, 0.25) is 0 Å². The normalized spacial score (nSPS) is 26.0. The lowest BCUT2D eigenvalue weighted by molar-refractivity contribution is 0.106. The molecule has 1 rings (SSSR count). The van der Waals surface area contributed by atoms with Crippen LogP contribution in [0.3, 0.4) is 0 Å². The molecule has 0 aromatic carbocycles. The highest BCUT2D eigenvalue weighted by Gasteiger charge is 2.16. The second-order valence-electron chi connectivity index (χ2n) is 3.30. The van der Waals surface area contributed by atoms with Gasteiger partial charge in [0, 0.05) is 19.2 Å². The van der Waals surface area contributed by atoms with Crippen LogP contribution in [0.5, 0.6) is 0 Å². The molecule has 72 valence electrons. The Hall–Kier alpha value is -0.150. The zero-order valence-electron chi connectivity index (χ0n) is 7.68. The van der Waals surface area contributed by atoms with Crippen molar-refractivity contribution < 1.29 is 9.13 Å². The van der Waals surface area contributed by atoms with Gasteiger partial charge >= 0.3 is 0 Å². The Kier molecular flexibility index (Phi) is 4.54. The molecule has 0 spiro atoms. The molecule has 0 bridgehead atoms. The number of ether oxygens (including phenoxy) is 1. The van der Waals surface area contributed by atoms with Gasteiger partial charge < -0.3 is 10.1 Å². The van der Waals surface area contributed by atoms with E-state index in [2.05, 4.69) is 5.32 Å². The van der Waals surface area contributed by atoms with E-state index in [0.717, 1.165) is 32.4 Å². The van der Waals surface area contributed by atoms with Crippen molar-refractivity contribution in [1.82, 2.24) is 5.32 Å². The van der Waals surface area contributed by atoms with Gasteiger partial charge in [0.25, 0.3) is 0 Å². The second kappa shape index (κ2) is 5.49. The molecule has 0 aliphatic carbocycles. The van der Waals surface area contributed by atoms with Gasteiger partial charge in [-0.3, -0.25) is 0 Å². The van der Waals surface area contributed by atoms with Crippen LogP contribution in [0.15, 0.2) is 0 Å². The summed E-state index contributed by atoms with van der Waals surface area (Å²) in [5.74, 6) is 0. The summed E-state index contributed by atoms with van der Waals surface area (Å²) in [6.45, 7) is 3.40. The standard InChI is InChI=1S/C9H18FNO/c1-2-8(6-10)11-7-9-4-3-5-12-9/h8-9,11H,2-7H2,1H3. The first-order valence-corrected chi connectivity index (χ1v) is 4.77. The Balaban J connectivity index is 2.06. The van der Waals surface area contributed by atoms with Gasteiger partial charge in [-0.05, 0) is 19.3 Å². The molecule has 0 aromatic rings. The molecule has 1 N–H and O–H groups in total. The maximum Gasteiger partial charge on any atom is 0.105 e. The van der Waals surface area contributed by atoms with E-state index >= 15 is 0 Å². The number of nitrogens with one attached hydrogen (secondary N) is 1. The molecule has 0 saturated carbocycles. The fourth-order valence-electron chi connectivity index (χ4n) is 1.41. The molecule has 12 heavy (non-hydrogen) atoms. The molecule has 1 saturated heterocycles. The summed E-state index contributed by atoms with van der Waals surface area (Å²) < 4.78 is 17.6. The second-order valence-corrected chi connectivity index (χ2v) is 3.30. The van der Waals surface area contributed by atoms with Crippen LogP contribution >= 0.6 is 0 Å². The quantitative estimate of drug-likeness (QED) is 0.683. The van der Waals surface area contributed by atoms with Crippen molar-refractivity contribution in [3.63, 3.8) is 0 Å². The smallest absolute Gasteiger partial charge is 0.105 e. The van der Waals surface area contributed by atoms with E-state index in [1.54, 1.807) is 0 Å². The van der Waals surface area contributed by atoms with E-state index in [1.165, 1.54) is 0 Å². The Bertz CT molecular complexity index is 109. The van der Waals surface area contributed by atoms with Crippen molar-refractivity contribution in [1.29, 1.82) is 0 Å². The zero-order chi connectivity index (χ0) is 8.81. The third kappa shape index (κ3) is 3.07. The lowest BCUT2D eigenvalue weighted by Gasteiger charge is -2.16. The van der Waals surface area contributed by atoms with Gasteiger partial charge in [-0.15, -0.1) is 0 Å². The molecule has 1 aliphatic rings. The maximum atomic E-state index is 12.2. The molecule has 1 heterocycles. The first-order valence-electron chi connectivity index (χ1n) is 4.77. The van der Waals surface area contributed by atoms with E-state index in [-0.39, 0.29) is 12.7 Å². The first kappa shape index (κ1) is 9.93. The van der Waals surface area contributed by atoms with Gasteiger partial charge in [0.1, 0.15) is 6.67 Å². The minimum atomic E-state index is -0.275. The average molecular weight is 175 g/mol. The van der Waals surface area contributed by atoms with Crippen LogP contribution in [0, 0.1) is 0 Å². The number of hydrogen-bond donors (Lipinski definition) is 1. The lowest BCUT2D eigenvalue weighted by Crippen LogP contribution is -2.36. The summed E-state index contributed by atoms with van der Waals surface area (Å²) in [5.41, 5.74) is 0. The minimum Gasteiger partial charge on any atom is -0.377 e. The molecule has 0 aromatic heterocycles. The highest BCUT2D eigenvalue weighted by molar-refractivity contribution is 4.71. The summed E-state index contributed by atoms with van der Waals surface area (Å²) >= 11 is 0. The van der Waals surface area contributed by atoms with Gasteiger partial charge in [0.05, 0.1) is 6.10 Å². The van der Waals surface area contributed by atoms with Crippen molar-refractivity contribution in [2.24, 2.45) is 0 Å². The van der Waals surface area contributed by atoms with Crippen molar-refractivity contribution in [2.75, 3.05) is 19.8 Å². The zero-order valence-corrected chi connectivity index (χ0v) is 7.68. The van der Waals surface area contributed by atoms with E-state index in [9.17, 15) is 4.39 Å². The van der Waals surface area contributed by atoms with Crippen LogP contribution in [0.25, 0.3) is 0 Å². The number of alkyl halides is 1. The summed E-state index contributed by atoms with van der Waals surface area (Å²) in [7, 11) is 0. The number of rotatable bonds is 5. The predicted molar refractivity (Wildman–Crippen MR) is 47.0 cm³/mol.